The average molecular weight is 178 g/mol. The predicted molar refractivity (Wildman–Crippen MR) is 53.1 cm³/mol. The Morgan fingerprint density at radius 1 is 1.15 bits per heavy atom. The topological polar surface area (TPSA) is 36.1 Å². The van der Waals surface area contributed by atoms with E-state index in [1.807, 2.05) is 6.07 Å². The average Bonchev–Trinajstić information content (AvgIpc) is 2.20. The molecule has 1 saturated heterocycles. The zero-order valence-corrected chi connectivity index (χ0v) is 7.62. The highest BCUT2D eigenvalue weighted by atomic mass is 16.1. The molecule has 0 aliphatic carbocycles. The SMILES string of the molecule is O=c1ccc(N2CCCCC2)c[nH]1. The van der Waals surface area contributed by atoms with Crippen LogP contribution < -0.4 is 10.5 Å². The van der Waals surface area contributed by atoms with Gasteiger partial charge in [0.05, 0.1) is 5.69 Å². The Kier molecular flexibility index (Phi) is 2.34. The lowest BCUT2D eigenvalue weighted by molar-refractivity contribution is 0.577. The van der Waals surface area contributed by atoms with Crippen LogP contribution in [0.1, 0.15) is 19.3 Å². The van der Waals surface area contributed by atoms with Crippen molar-refractivity contribution in [3.05, 3.63) is 28.7 Å². The fourth-order valence-electron chi connectivity index (χ4n) is 1.75. The summed E-state index contributed by atoms with van der Waals surface area (Å²) in [4.78, 5) is 15.8. The Bertz CT molecular complexity index is 305. The van der Waals surface area contributed by atoms with E-state index in [0.29, 0.717) is 0 Å². The fraction of sp³-hybridized carbons (Fsp3) is 0.500. The first kappa shape index (κ1) is 8.35. The Hall–Kier alpha value is -1.25. The van der Waals surface area contributed by atoms with Crippen LogP contribution in [0.15, 0.2) is 23.1 Å². The molecule has 13 heavy (non-hydrogen) atoms. The number of nitrogens with zero attached hydrogens (tertiary/aromatic N) is 1. The molecule has 0 atom stereocenters. The molecule has 1 fully saturated rings. The first-order valence-corrected chi connectivity index (χ1v) is 4.80. The molecule has 1 aliphatic heterocycles. The molecule has 1 N–H and O–H groups in total. The summed E-state index contributed by atoms with van der Waals surface area (Å²) in [6.07, 6.45) is 5.66. The second-order valence-corrected chi connectivity index (χ2v) is 3.46. The highest BCUT2D eigenvalue weighted by Gasteiger charge is 2.09. The lowest BCUT2D eigenvalue weighted by atomic mass is 10.1. The molecule has 1 aromatic heterocycles. The summed E-state index contributed by atoms with van der Waals surface area (Å²) in [5, 5.41) is 0. The van der Waals surface area contributed by atoms with Crippen LogP contribution >= 0.6 is 0 Å². The molecule has 0 amide bonds. The van der Waals surface area contributed by atoms with Crippen molar-refractivity contribution < 1.29 is 0 Å². The van der Waals surface area contributed by atoms with Crippen LogP contribution in [0.25, 0.3) is 0 Å². The van der Waals surface area contributed by atoms with Gasteiger partial charge in [-0.15, -0.1) is 0 Å². The maximum absolute atomic E-state index is 10.8. The van der Waals surface area contributed by atoms with E-state index in [0.717, 1.165) is 18.8 Å². The van der Waals surface area contributed by atoms with Crippen molar-refractivity contribution >= 4 is 5.69 Å². The van der Waals surface area contributed by atoms with Crippen LogP contribution in [0.5, 0.6) is 0 Å². The number of anilines is 1. The summed E-state index contributed by atoms with van der Waals surface area (Å²) in [5.41, 5.74) is 1.11. The van der Waals surface area contributed by atoms with Gasteiger partial charge >= 0.3 is 0 Å². The molecule has 0 aromatic carbocycles. The molecular formula is C10H14N2O. The summed E-state index contributed by atoms with van der Waals surface area (Å²) in [6.45, 7) is 2.23. The van der Waals surface area contributed by atoms with Crippen molar-refractivity contribution in [1.82, 2.24) is 4.98 Å². The number of H-pyrrole nitrogens is 1. The molecule has 3 heteroatoms. The number of aromatic amines is 1. The van der Waals surface area contributed by atoms with Crippen LogP contribution in [-0.2, 0) is 0 Å². The number of rotatable bonds is 1. The van der Waals surface area contributed by atoms with Crippen molar-refractivity contribution in [2.24, 2.45) is 0 Å². The fourth-order valence-corrected chi connectivity index (χ4v) is 1.75. The molecule has 0 radical (unpaired) electrons. The molecule has 2 rings (SSSR count). The second kappa shape index (κ2) is 3.64. The van der Waals surface area contributed by atoms with Crippen molar-refractivity contribution in [3.63, 3.8) is 0 Å². The summed E-state index contributed by atoms with van der Waals surface area (Å²) in [6, 6.07) is 3.48. The Morgan fingerprint density at radius 2 is 1.92 bits per heavy atom. The first-order chi connectivity index (χ1) is 6.36. The molecule has 1 aromatic rings. The van der Waals surface area contributed by atoms with Crippen molar-refractivity contribution in [2.45, 2.75) is 19.3 Å². The molecule has 0 spiro atoms. The van der Waals surface area contributed by atoms with Gasteiger partial charge in [0, 0.05) is 25.4 Å². The van der Waals surface area contributed by atoms with Gasteiger partial charge in [0.2, 0.25) is 5.56 Å². The number of pyridine rings is 1. The van der Waals surface area contributed by atoms with Gasteiger partial charge < -0.3 is 9.88 Å². The van der Waals surface area contributed by atoms with E-state index < -0.39 is 0 Å². The van der Waals surface area contributed by atoms with Crippen molar-refractivity contribution in [1.29, 1.82) is 0 Å². The van der Waals surface area contributed by atoms with Gasteiger partial charge in [-0.1, -0.05) is 0 Å². The third kappa shape index (κ3) is 1.91. The maximum atomic E-state index is 10.8. The van der Waals surface area contributed by atoms with Gasteiger partial charge in [0.15, 0.2) is 0 Å². The smallest absolute Gasteiger partial charge is 0.248 e. The van der Waals surface area contributed by atoms with Crippen LogP contribution in [0.4, 0.5) is 5.69 Å². The van der Waals surface area contributed by atoms with Gasteiger partial charge in [0.1, 0.15) is 0 Å². The highest BCUT2D eigenvalue weighted by molar-refractivity contribution is 5.43. The van der Waals surface area contributed by atoms with Gasteiger partial charge in [-0.05, 0) is 25.3 Å². The van der Waals surface area contributed by atoms with Crippen LogP contribution in [-0.4, -0.2) is 18.1 Å². The van der Waals surface area contributed by atoms with Gasteiger partial charge in [-0.25, -0.2) is 0 Å². The number of hydrogen-bond donors (Lipinski definition) is 1. The maximum Gasteiger partial charge on any atom is 0.248 e. The zero-order chi connectivity index (χ0) is 9.10. The predicted octanol–water partition coefficient (Wildman–Crippen LogP) is 1.37. The molecule has 1 aliphatic rings. The van der Waals surface area contributed by atoms with Crippen LogP contribution in [0, 0.1) is 0 Å². The summed E-state index contributed by atoms with van der Waals surface area (Å²) >= 11 is 0. The largest absolute Gasteiger partial charge is 0.370 e. The Balaban J connectivity index is 2.14. The quantitative estimate of drug-likeness (QED) is 0.705. The Morgan fingerprint density at radius 3 is 2.54 bits per heavy atom. The van der Waals surface area contributed by atoms with E-state index in [4.69, 9.17) is 0 Å². The lowest BCUT2D eigenvalue weighted by Gasteiger charge is -2.28. The monoisotopic (exact) mass is 178 g/mol. The summed E-state index contributed by atoms with van der Waals surface area (Å²) < 4.78 is 0. The van der Waals surface area contributed by atoms with Crippen molar-refractivity contribution in [3.8, 4) is 0 Å². The van der Waals surface area contributed by atoms with E-state index in [2.05, 4.69) is 9.88 Å². The summed E-state index contributed by atoms with van der Waals surface area (Å²) in [7, 11) is 0. The van der Waals surface area contributed by atoms with E-state index in [-0.39, 0.29) is 5.56 Å². The van der Waals surface area contributed by atoms with Gasteiger partial charge in [-0.3, -0.25) is 4.79 Å². The molecule has 2 heterocycles. The van der Waals surface area contributed by atoms with Crippen LogP contribution in [0.2, 0.25) is 0 Å². The summed E-state index contributed by atoms with van der Waals surface area (Å²) in [5.74, 6) is 0. The number of nitrogens with one attached hydrogen (secondary N) is 1. The molecular weight excluding hydrogens is 164 g/mol. The minimum Gasteiger partial charge on any atom is -0.370 e. The van der Waals surface area contributed by atoms with E-state index in [9.17, 15) is 4.79 Å². The highest BCUT2D eigenvalue weighted by Crippen LogP contribution is 2.16. The van der Waals surface area contributed by atoms with Crippen LogP contribution in [0.3, 0.4) is 0 Å². The normalized spacial score (nSPS) is 17.4. The number of aromatic nitrogens is 1. The molecule has 0 unspecified atom stereocenters. The minimum atomic E-state index is -0.0271. The number of hydrogen-bond acceptors (Lipinski definition) is 2. The Labute approximate surface area is 77.4 Å². The molecule has 0 bridgehead atoms. The zero-order valence-electron chi connectivity index (χ0n) is 7.62. The second-order valence-electron chi connectivity index (χ2n) is 3.46. The molecule has 0 saturated carbocycles. The van der Waals surface area contributed by atoms with Gasteiger partial charge in [0.25, 0.3) is 0 Å². The van der Waals surface area contributed by atoms with E-state index in [1.165, 1.54) is 19.3 Å². The van der Waals surface area contributed by atoms with E-state index in [1.54, 1.807) is 12.3 Å². The van der Waals surface area contributed by atoms with E-state index >= 15 is 0 Å². The molecule has 3 nitrogen and oxygen atoms in total. The standard InChI is InChI=1S/C10H14N2O/c13-10-5-4-9(8-11-10)12-6-2-1-3-7-12/h4-5,8H,1-3,6-7H2,(H,11,13). The lowest BCUT2D eigenvalue weighted by Crippen LogP contribution is -2.29. The molecule has 70 valence electrons. The first-order valence-electron chi connectivity index (χ1n) is 4.80. The third-order valence-corrected chi connectivity index (χ3v) is 2.49. The minimum absolute atomic E-state index is 0.0271. The van der Waals surface area contributed by atoms with Crippen molar-refractivity contribution in [2.75, 3.05) is 18.0 Å². The number of piperidine rings is 1. The third-order valence-electron chi connectivity index (χ3n) is 2.49. The van der Waals surface area contributed by atoms with Gasteiger partial charge in [-0.2, -0.15) is 0 Å².